The fourth-order valence-corrected chi connectivity index (χ4v) is 7.57. The minimum atomic E-state index is -1.44. The molecule has 3 aromatic rings. The van der Waals surface area contributed by atoms with Crippen LogP contribution in [0.5, 0.6) is 11.5 Å². The van der Waals surface area contributed by atoms with Crippen molar-refractivity contribution in [1.29, 1.82) is 0 Å². The number of pyridine rings is 1. The Morgan fingerprint density at radius 1 is 1.06 bits per heavy atom. The van der Waals surface area contributed by atoms with Crippen molar-refractivity contribution < 1.29 is 38.5 Å². The summed E-state index contributed by atoms with van der Waals surface area (Å²) in [5.41, 5.74) is -0.844. The number of aliphatic carboxylic acids is 1. The molecule has 2 aromatic heterocycles. The highest BCUT2D eigenvalue weighted by Crippen LogP contribution is 2.45. The number of nitrogens with zero attached hydrogens (tertiary/aromatic N) is 4. The lowest BCUT2D eigenvalue weighted by molar-refractivity contribution is -0.145. The third-order valence-corrected chi connectivity index (χ3v) is 10.5. The zero-order valence-electron chi connectivity index (χ0n) is 28.7. The van der Waals surface area contributed by atoms with Gasteiger partial charge < -0.3 is 34.9 Å². The summed E-state index contributed by atoms with van der Waals surface area (Å²) in [6.07, 6.45) is 13.1. The van der Waals surface area contributed by atoms with Crippen LogP contribution in [0.15, 0.2) is 54.9 Å². The molecule has 51 heavy (non-hydrogen) atoms. The number of carboxylic acids is 1. The van der Waals surface area contributed by atoms with Gasteiger partial charge in [-0.3, -0.25) is 9.59 Å². The zero-order chi connectivity index (χ0) is 35.5. The molecule has 0 spiro atoms. The summed E-state index contributed by atoms with van der Waals surface area (Å²) in [6, 6.07) is 6.98. The maximum absolute atomic E-state index is 14.4. The monoisotopic (exact) mass is 700 g/mol. The number of carboxylic acid groups (broad SMARTS) is 1. The Bertz CT molecular complexity index is 1810. The van der Waals surface area contributed by atoms with Gasteiger partial charge in [0.05, 0.1) is 19.2 Å². The Morgan fingerprint density at radius 2 is 1.88 bits per heavy atom. The van der Waals surface area contributed by atoms with Crippen LogP contribution in [0.4, 0.5) is 4.79 Å². The van der Waals surface area contributed by atoms with Crippen molar-refractivity contribution in [3.8, 4) is 17.3 Å². The van der Waals surface area contributed by atoms with E-state index in [1.807, 2.05) is 18.2 Å². The summed E-state index contributed by atoms with van der Waals surface area (Å²) >= 11 is 0. The quantitative estimate of drug-likeness (QED) is 0.302. The molecule has 14 nitrogen and oxygen atoms in total. The fourth-order valence-electron chi connectivity index (χ4n) is 7.57. The predicted octanol–water partition coefficient (Wildman–Crippen LogP) is 4.29. The van der Waals surface area contributed by atoms with E-state index in [2.05, 4.69) is 15.7 Å². The lowest BCUT2D eigenvalue weighted by atomic mass is 10.0. The summed E-state index contributed by atoms with van der Waals surface area (Å²) in [5, 5.41) is 20.8. The molecule has 7 rings (SSSR count). The summed E-state index contributed by atoms with van der Waals surface area (Å²) < 4.78 is 19.3. The van der Waals surface area contributed by atoms with E-state index in [-0.39, 0.29) is 31.4 Å². The number of ether oxygens (including phenoxy) is 3. The number of hydrogen-bond donors (Lipinski definition) is 3. The largest absolute Gasteiger partial charge is 0.497 e. The second kappa shape index (κ2) is 14.6. The van der Waals surface area contributed by atoms with E-state index in [1.54, 1.807) is 48.5 Å². The third-order valence-electron chi connectivity index (χ3n) is 10.5. The molecule has 1 aromatic carbocycles. The average Bonchev–Trinajstić information content (AvgIpc) is 3.61. The van der Waals surface area contributed by atoms with E-state index in [0.717, 1.165) is 44.9 Å². The topological polar surface area (TPSA) is 174 Å². The van der Waals surface area contributed by atoms with Gasteiger partial charge in [0.1, 0.15) is 41.3 Å². The van der Waals surface area contributed by atoms with Crippen molar-refractivity contribution in [2.45, 2.75) is 100 Å². The highest BCUT2D eigenvalue weighted by Gasteiger charge is 2.61. The Hall–Kier alpha value is -5.14. The minimum absolute atomic E-state index is 0.0350. The SMILES string of the molecule is COc1ccc2c(O[C@@H]3CC4C(=O)N[C@]5(C(=O)O)C[C@@H]5/C=C\CCCCC[C@H](NC(=O)OC5CCCC5)C(=O)N4C3)cc(-n3cccn3)nc2c1. The van der Waals surface area contributed by atoms with Crippen LogP contribution in [0, 0.1) is 5.92 Å². The second-order valence-electron chi connectivity index (χ2n) is 13.9. The molecule has 3 N–H and O–H groups in total. The molecule has 3 fully saturated rings. The number of rotatable bonds is 7. The molecule has 1 unspecified atom stereocenters. The highest BCUT2D eigenvalue weighted by molar-refractivity contribution is 5.96. The van der Waals surface area contributed by atoms with Crippen molar-refractivity contribution in [3.63, 3.8) is 0 Å². The van der Waals surface area contributed by atoms with Gasteiger partial charge in [0.2, 0.25) is 11.8 Å². The lowest BCUT2D eigenvalue weighted by Gasteiger charge is -2.29. The van der Waals surface area contributed by atoms with Gasteiger partial charge in [-0.2, -0.15) is 5.10 Å². The Kier molecular flexibility index (Phi) is 9.83. The molecule has 4 aliphatic rings. The summed E-state index contributed by atoms with van der Waals surface area (Å²) in [6.45, 7) is 0.0350. The molecule has 1 saturated heterocycles. The summed E-state index contributed by atoms with van der Waals surface area (Å²) in [4.78, 5) is 60.3. The van der Waals surface area contributed by atoms with Crippen LogP contribution in [0.2, 0.25) is 0 Å². The van der Waals surface area contributed by atoms with Crippen LogP contribution < -0.4 is 20.1 Å². The number of amides is 3. The van der Waals surface area contributed by atoms with Crippen LogP contribution >= 0.6 is 0 Å². The molecular formula is C37H44N6O8. The van der Waals surface area contributed by atoms with Gasteiger partial charge in [0.15, 0.2) is 5.82 Å². The minimum Gasteiger partial charge on any atom is -0.497 e. The Morgan fingerprint density at radius 3 is 2.65 bits per heavy atom. The molecule has 0 bridgehead atoms. The summed E-state index contributed by atoms with van der Waals surface area (Å²) in [5.74, 6) is -0.887. The van der Waals surface area contributed by atoms with Gasteiger partial charge in [-0.15, -0.1) is 0 Å². The first-order valence-electron chi connectivity index (χ1n) is 17.9. The van der Waals surface area contributed by atoms with Crippen LogP contribution in [0.3, 0.4) is 0 Å². The van der Waals surface area contributed by atoms with Crippen molar-refractivity contribution in [3.05, 3.63) is 54.9 Å². The van der Waals surface area contributed by atoms with Crippen LogP contribution in [0.25, 0.3) is 16.7 Å². The standard InChI is InChI=1S/C37H44N6O8/c1-49-25-14-15-27-29(18-25)39-32(43-17-9-16-38-43)20-31(27)50-26-19-30-33(44)41-37(35(46)47)21-23(37)10-5-3-2-4-6-13-28(34(45)42(30)22-26)40-36(48)51-24-11-7-8-12-24/h5,9-10,14-18,20,23-24,26,28,30H,2-4,6-8,11-13,19,21-22H2,1H3,(H,40,48)(H,41,44)(H,46,47)/b10-5-/t23-,26+,28-,30?,37+/m0/s1. The number of aromatic nitrogens is 3. The normalized spacial score (nSPS) is 27.7. The maximum Gasteiger partial charge on any atom is 0.408 e. The number of carbonyl (C=O) groups is 4. The number of alkyl carbamates (subject to hydrolysis) is 1. The second-order valence-corrected chi connectivity index (χ2v) is 13.9. The van der Waals surface area contributed by atoms with Crippen molar-refractivity contribution in [1.82, 2.24) is 30.3 Å². The molecule has 3 amide bonds. The third kappa shape index (κ3) is 7.35. The van der Waals surface area contributed by atoms with Crippen LogP contribution in [0.1, 0.15) is 70.6 Å². The number of fused-ring (bicyclic) bond motifs is 3. The van der Waals surface area contributed by atoms with Gasteiger partial charge in [0.25, 0.3) is 0 Å². The molecule has 0 radical (unpaired) electrons. The van der Waals surface area contributed by atoms with Crippen molar-refractivity contribution >= 4 is 34.8 Å². The molecule has 2 saturated carbocycles. The predicted molar refractivity (Wildman–Crippen MR) is 184 cm³/mol. The van der Waals surface area contributed by atoms with E-state index >= 15 is 0 Å². The van der Waals surface area contributed by atoms with Crippen molar-refractivity contribution in [2.75, 3.05) is 13.7 Å². The smallest absolute Gasteiger partial charge is 0.408 e. The first kappa shape index (κ1) is 34.3. The molecule has 2 aliphatic carbocycles. The maximum atomic E-state index is 14.4. The van der Waals surface area contributed by atoms with Gasteiger partial charge in [-0.05, 0) is 69.6 Å². The first-order chi connectivity index (χ1) is 24.7. The van der Waals surface area contributed by atoms with Gasteiger partial charge in [-0.25, -0.2) is 19.3 Å². The van der Waals surface area contributed by atoms with E-state index in [9.17, 15) is 24.3 Å². The molecule has 2 aliphatic heterocycles. The molecule has 4 heterocycles. The number of nitrogens with one attached hydrogen (secondary N) is 2. The van der Waals surface area contributed by atoms with E-state index in [1.165, 1.54) is 4.90 Å². The molecule has 14 heteroatoms. The molecule has 5 atom stereocenters. The van der Waals surface area contributed by atoms with Gasteiger partial charge >= 0.3 is 12.1 Å². The molecule has 270 valence electrons. The number of allylic oxidation sites excluding steroid dienone is 1. The number of methoxy groups -OCH3 is 1. The zero-order valence-corrected chi connectivity index (χ0v) is 28.7. The number of hydrogen-bond acceptors (Lipinski definition) is 9. The van der Waals surface area contributed by atoms with Crippen molar-refractivity contribution in [2.24, 2.45) is 5.92 Å². The first-order valence-corrected chi connectivity index (χ1v) is 17.9. The van der Waals surface area contributed by atoms with Crippen LogP contribution in [-0.4, -0.2) is 92.1 Å². The number of carbonyl (C=O) groups excluding carboxylic acids is 3. The molecular weight excluding hydrogens is 656 g/mol. The average molecular weight is 701 g/mol. The van der Waals surface area contributed by atoms with Gasteiger partial charge in [0, 0.05) is 42.3 Å². The van der Waals surface area contributed by atoms with E-state index < -0.39 is 47.6 Å². The Balaban J connectivity index is 1.20. The highest BCUT2D eigenvalue weighted by atomic mass is 16.6. The lowest BCUT2D eigenvalue weighted by Crippen LogP contribution is -2.56. The van der Waals surface area contributed by atoms with E-state index in [4.69, 9.17) is 19.2 Å². The number of benzene rings is 1. The van der Waals surface area contributed by atoms with Gasteiger partial charge in [-0.1, -0.05) is 25.0 Å². The fraction of sp³-hybridized carbons (Fsp3) is 0.514. The van der Waals surface area contributed by atoms with Crippen LogP contribution in [-0.2, 0) is 19.1 Å². The summed E-state index contributed by atoms with van der Waals surface area (Å²) in [7, 11) is 1.57. The Labute approximate surface area is 295 Å². The van der Waals surface area contributed by atoms with E-state index in [0.29, 0.717) is 41.1 Å².